The van der Waals surface area contributed by atoms with Gasteiger partial charge >= 0.3 is 0 Å². The van der Waals surface area contributed by atoms with Gasteiger partial charge in [0.25, 0.3) is 0 Å². The fraction of sp³-hybridized carbons (Fsp3) is 0.429. The third-order valence-electron chi connectivity index (χ3n) is 3.01. The molecule has 0 aliphatic heterocycles. The molecule has 16 heavy (non-hydrogen) atoms. The van der Waals surface area contributed by atoms with Crippen LogP contribution in [0.1, 0.15) is 32.8 Å². The molecule has 0 spiro atoms. The van der Waals surface area contributed by atoms with E-state index in [-0.39, 0.29) is 11.5 Å². The second-order valence-electron chi connectivity index (χ2n) is 5.08. The van der Waals surface area contributed by atoms with Crippen molar-refractivity contribution in [2.45, 2.75) is 38.7 Å². The van der Waals surface area contributed by atoms with Gasteiger partial charge in [-0.2, -0.15) is 0 Å². The van der Waals surface area contributed by atoms with Gasteiger partial charge in [-0.05, 0) is 41.2 Å². The maximum atomic E-state index is 9.58. The van der Waals surface area contributed by atoms with Gasteiger partial charge in [0, 0.05) is 4.70 Å². The monoisotopic (exact) mass is 234 g/mol. The highest BCUT2D eigenvalue weighted by Crippen LogP contribution is 2.36. The van der Waals surface area contributed by atoms with Crippen molar-refractivity contribution >= 4 is 21.4 Å². The Morgan fingerprint density at radius 2 is 2.06 bits per heavy atom. The van der Waals surface area contributed by atoms with E-state index in [1.807, 2.05) is 6.92 Å². The van der Waals surface area contributed by atoms with Crippen LogP contribution >= 0.6 is 11.3 Å². The fourth-order valence-electron chi connectivity index (χ4n) is 2.37. The number of benzene rings is 1. The Kier molecular flexibility index (Phi) is 3.04. The molecule has 1 heterocycles. The summed E-state index contributed by atoms with van der Waals surface area (Å²) in [6, 6.07) is 8.59. The van der Waals surface area contributed by atoms with Gasteiger partial charge in [0.2, 0.25) is 0 Å². The van der Waals surface area contributed by atoms with Crippen LogP contribution in [0.5, 0.6) is 0 Å². The predicted octanol–water partition coefficient (Wildman–Crippen LogP) is 3.95. The highest BCUT2D eigenvalue weighted by molar-refractivity contribution is 7.17. The second kappa shape index (κ2) is 4.19. The van der Waals surface area contributed by atoms with Crippen LogP contribution in [-0.2, 0) is 5.41 Å². The van der Waals surface area contributed by atoms with Crippen LogP contribution in [0, 0.1) is 0 Å². The highest BCUT2D eigenvalue weighted by Gasteiger charge is 2.24. The average Bonchev–Trinajstić information content (AvgIpc) is 2.62. The zero-order valence-corrected chi connectivity index (χ0v) is 10.8. The summed E-state index contributed by atoms with van der Waals surface area (Å²) in [6.45, 7) is 6.26. The smallest absolute Gasteiger partial charge is 0.0520 e. The summed E-state index contributed by atoms with van der Waals surface area (Å²) in [4.78, 5) is 0. The molecule has 0 amide bonds. The first kappa shape index (κ1) is 11.6. The molecule has 2 heteroatoms. The van der Waals surface area contributed by atoms with Crippen LogP contribution in [0.2, 0.25) is 0 Å². The van der Waals surface area contributed by atoms with Crippen LogP contribution in [0.15, 0.2) is 29.6 Å². The van der Waals surface area contributed by atoms with Gasteiger partial charge in [-0.25, -0.2) is 0 Å². The lowest BCUT2D eigenvalue weighted by atomic mass is 9.79. The molecule has 1 N–H and O–H groups in total. The first-order valence-corrected chi connectivity index (χ1v) is 6.53. The molecule has 1 aromatic carbocycles. The van der Waals surface area contributed by atoms with Gasteiger partial charge in [-0.3, -0.25) is 0 Å². The van der Waals surface area contributed by atoms with E-state index in [0.717, 1.165) is 6.42 Å². The molecule has 2 rings (SSSR count). The van der Waals surface area contributed by atoms with Crippen LogP contribution in [0.4, 0.5) is 0 Å². The maximum Gasteiger partial charge on any atom is 0.0520 e. The van der Waals surface area contributed by atoms with E-state index in [1.54, 1.807) is 11.3 Å². The number of hydrogen-bond donors (Lipinski definition) is 1. The molecule has 0 bridgehead atoms. The molecule has 0 radical (unpaired) electrons. The molecule has 0 aliphatic carbocycles. The van der Waals surface area contributed by atoms with E-state index in [9.17, 15) is 5.11 Å². The molecule has 0 saturated heterocycles. The topological polar surface area (TPSA) is 20.2 Å². The molecule has 0 fully saturated rings. The Balaban J connectivity index is 2.49. The standard InChI is InChI=1S/C14H18OS/c1-10(15)9-14(2,3)12-6-4-5-11-7-8-16-13(11)12/h4-8,10,15H,9H2,1-3H3. The SMILES string of the molecule is CC(O)CC(C)(C)c1cccc2ccsc12. The summed E-state index contributed by atoms with van der Waals surface area (Å²) in [6.07, 6.45) is 0.537. The van der Waals surface area contributed by atoms with Crippen molar-refractivity contribution in [2.75, 3.05) is 0 Å². The van der Waals surface area contributed by atoms with Crippen molar-refractivity contribution in [3.63, 3.8) is 0 Å². The lowest BCUT2D eigenvalue weighted by Crippen LogP contribution is -2.23. The zero-order valence-electron chi connectivity index (χ0n) is 10.0. The first-order chi connectivity index (χ1) is 7.50. The summed E-state index contributed by atoms with van der Waals surface area (Å²) in [5.41, 5.74) is 1.37. The number of aliphatic hydroxyl groups excluding tert-OH is 1. The van der Waals surface area contributed by atoms with Crippen molar-refractivity contribution in [1.82, 2.24) is 0 Å². The minimum Gasteiger partial charge on any atom is -0.393 e. The molecule has 2 aromatic rings. The second-order valence-corrected chi connectivity index (χ2v) is 6.00. The Bertz CT molecular complexity index is 482. The summed E-state index contributed by atoms with van der Waals surface area (Å²) < 4.78 is 1.35. The van der Waals surface area contributed by atoms with E-state index in [1.165, 1.54) is 15.6 Å². The van der Waals surface area contributed by atoms with Crippen molar-refractivity contribution < 1.29 is 5.11 Å². The van der Waals surface area contributed by atoms with Crippen molar-refractivity contribution in [2.24, 2.45) is 0 Å². The summed E-state index contributed by atoms with van der Waals surface area (Å²) in [5, 5.41) is 13.0. The van der Waals surface area contributed by atoms with Crippen molar-refractivity contribution in [3.05, 3.63) is 35.2 Å². The van der Waals surface area contributed by atoms with Gasteiger partial charge in [-0.1, -0.05) is 32.0 Å². The number of thiophene rings is 1. The minimum atomic E-state index is -0.259. The predicted molar refractivity (Wildman–Crippen MR) is 71.1 cm³/mol. The van der Waals surface area contributed by atoms with Gasteiger partial charge < -0.3 is 5.11 Å². The van der Waals surface area contributed by atoms with Gasteiger partial charge in [0.1, 0.15) is 0 Å². The zero-order chi connectivity index (χ0) is 11.8. The van der Waals surface area contributed by atoms with Crippen LogP contribution in [-0.4, -0.2) is 11.2 Å². The maximum absolute atomic E-state index is 9.58. The first-order valence-electron chi connectivity index (χ1n) is 5.65. The number of rotatable bonds is 3. The summed E-state index contributed by atoms with van der Waals surface area (Å²) in [5.74, 6) is 0. The van der Waals surface area contributed by atoms with E-state index in [4.69, 9.17) is 0 Å². The highest BCUT2D eigenvalue weighted by atomic mass is 32.1. The Morgan fingerprint density at radius 1 is 1.31 bits per heavy atom. The third-order valence-corrected chi connectivity index (χ3v) is 3.98. The number of aliphatic hydroxyl groups is 1. The van der Waals surface area contributed by atoms with Gasteiger partial charge in [-0.15, -0.1) is 11.3 Å². The van der Waals surface area contributed by atoms with Gasteiger partial charge in [0.05, 0.1) is 6.10 Å². The fourth-order valence-corrected chi connectivity index (χ4v) is 3.47. The Hall–Kier alpha value is -0.860. The molecule has 1 aromatic heterocycles. The minimum absolute atomic E-state index is 0.0263. The molecule has 0 aliphatic rings. The molecule has 86 valence electrons. The molecule has 1 nitrogen and oxygen atoms in total. The molecule has 0 saturated carbocycles. The number of hydrogen-bond acceptors (Lipinski definition) is 2. The normalized spacial score (nSPS) is 14.2. The van der Waals surface area contributed by atoms with E-state index < -0.39 is 0 Å². The lowest BCUT2D eigenvalue weighted by Gasteiger charge is -2.27. The summed E-state index contributed by atoms with van der Waals surface area (Å²) >= 11 is 1.79. The van der Waals surface area contributed by atoms with E-state index in [0.29, 0.717) is 0 Å². The Labute approximate surface area is 101 Å². The quantitative estimate of drug-likeness (QED) is 0.852. The average molecular weight is 234 g/mol. The molecule has 1 unspecified atom stereocenters. The molecule has 1 atom stereocenters. The van der Waals surface area contributed by atoms with E-state index in [2.05, 4.69) is 43.5 Å². The van der Waals surface area contributed by atoms with Crippen LogP contribution in [0.3, 0.4) is 0 Å². The van der Waals surface area contributed by atoms with E-state index >= 15 is 0 Å². The number of fused-ring (bicyclic) bond motifs is 1. The summed E-state index contributed by atoms with van der Waals surface area (Å²) in [7, 11) is 0. The Morgan fingerprint density at radius 3 is 2.75 bits per heavy atom. The molecular weight excluding hydrogens is 216 g/mol. The lowest BCUT2D eigenvalue weighted by molar-refractivity contribution is 0.157. The van der Waals surface area contributed by atoms with Crippen molar-refractivity contribution in [1.29, 1.82) is 0 Å². The molecular formula is C14H18OS. The third kappa shape index (κ3) is 2.13. The van der Waals surface area contributed by atoms with Gasteiger partial charge in [0.15, 0.2) is 0 Å². The van der Waals surface area contributed by atoms with Crippen LogP contribution < -0.4 is 0 Å². The largest absolute Gasteiger partial charge is 0.393 e. The van der Waals surface area contributed by atoms with Crippen molar-refractivity contribution in [3.8, 4) is 0 Å². The van der Waals surface area contributed by atoms with Crippen LogP contribution in [0.25, 0.3) is 10.1 Å².